The average Bonchev–Trinajstić information content (AvgIpc) is 3.11. The molecule has 1 aliphatic carbocycles. The van der Waals surface area contributed by atoms with E-state index < -0.39 is 5.91 Å². The van der Waals surface area contributed by atoms with E-state index in [0.717, 1.165) is 35.7 Å². The van der Waals surface area contributed by atoms with Gasteiger partial charge in [0.25, 0.3) is 5.91 Å². The Hall–Kier alpha value is -3.25. The SMILES string of the molecule is O=C(c1ccc2c(c1)C[C@]1(CCNC1=O)CC2)N(O)c1cnc2ccccc2c1. The molecule has 5 rings (SSSR count). The summed E-state index contributed by atoms with van der Waals surface area (Å²) in [5.41, 5.74) is 3.35. The molecule has 2 aliphatic rings. The molecule has 0 saturated carbocycles. The van der Waals surface area contributed by atoms with Gasteiger partial charge in [-0.3, -0.25) is 19.8 Å². The minimum Gasteiger partial charge on any atom is -0.356 e. The van der Waals surface area contributed by atoms with Crippen LogP contribution in [0.5, 0.6) is 0 Å². The van der Waals surface area contributed by atoms with Gasteiger partial charge in [0.05, 0.1) is 22.8 Å². The summed E-state index contributed by atoms with van der Waals surface area (Å²) in [6, 6.07) is 14.8. The van der Waals surface area contributed by atoms with Crippen molar-refractivity contribution in [3.05, 3.63) is 71.4 Å². The number of hydrogen-bond acceptors (Lipinski definition) is 4. The first-order valence-electron chi connectivity index (χ1n) is 9.84. The Kier molecular flexibility index (Phi) is 4.10. The van der Waals surface area contributed by atoms with E-state index in [-0.39, 0.29) is 11.3 Å². The number of benzene rings is 2. The Bertz CT molecular complexity index is 1140. The number of para-hydroxylation sites is 1. The number of amides is 2. The molecule has 1 atom stereocenters. The van der Waals surface area contributed by atoms with Gasteiger partial charge in [0.1, 0.15) is 0 Å². The first-order valence-corrected chi connectivity index (χ1v) is 9.84. The molecule has 1 aromatic heterocycles. The van der Waals surface area contributed by atoms with Gasteiger partial charge in [0.2, 0.25) is 5.91 Å². The van der Waals surface area contributed by atoms with Crippen molar-refractivity contribution in [3.8, 4) is 0 Å². The maximum atomic E-state index is 12.9. The molecule has 1 aliphatic heterocycles. The van der Waals surface area contributed by atoms with Gasteiger partial charge in [0.15, 0.2) is 0 Å². The van der Waals surface area contributed by atoms with Crippen molar-refractivity contribution in [1.82, 2.24) is 10.3 Å². The fourth-order valence-corrected chi connectivity index (χ4v) is 4.53. The highest BCUT2D eigenvalue weighted by atomic mass is 16.5. The van der Waals surface area contributed by atoms with Gasteiger partial charge in [-0.15, -0.1) is 0 Å². The smallest absolute Gasteiger partial charge is 0.282 e. The standard InChI is InChI=1S/C23H21N3O3/c27-21(26(29)19-12-16-3-1-2-4-20(16)25-14-19)17-6-5-15-7-8-23(13-18(15)11-17)9-10-24-22(23)28/h1-6,11-12,14,29H,7-10,13H2,(H,24,28)/t23-/m1/s1. The zero-order chi connectivity index (χ0) is 20.0. The molecular formula is C23H21N3O3. The van der Waals surface area contributed by atoms with Crippen molar-refractivity contribution in [2.75, 3.05) is 11.6 Å². The van der Waals surface area contributed by atoms with E-state index in [0.29, 0.717) is 29.3 Å². The third-order valence-electron chi connectivity index (χ3n) is 6.24. The summed E-state index contributed by atoms with van der Waals surface area (Å²) in [4.78, 5) is 29.6. The van der Waals surface area contributed by atoms with E-state index in [1.165, 1.54) is 11.8 Å². The molecule has 146 valence electrons. The van der Waals surface area contributed by atoms with Crippen molar-refractivity contribution >= 4 is 28.4 Å². The van der Waals surface area contributed by atoms with Crippen molar-refractivity contribution in [2.24, 2.45) is 5.41 Å². The van der Waals surface area contributed by atoms with Crippen molar-refractivity contribution in [1.29, 1.82) is 0 Å². The molecule has 1 spiro atoms. The molecule has 2 heterocycles. The Balaban J connectivity index is 1.44. The minimum atomic E-state index is -0.514. The molecule has 1 fully saturated rings. The molecular weight excluding hydrogens is 366 g/mol. The van der Waals surface area contributed by atoms with Gasteiger partial charge >= 0.3 is 0 Å². The van der Waals surface area contributed by atoms with E-state index in [1.807, 2.05) is 36.4 Å². The third kappa shape index (κ3) is 2.96. The number of fused-ring (bicyclic) bond motifs is 2. The van der Waals surface area contributed by atoms with Crippen LogP contribution < -0.4 is 10.4 Å². The summed E-state index contributed by atoms with van der Waals surface area (Å²) >= 11 is 0. The summed E-state index contributed by atoms with van der Waals surface area (Å²) in [5, 5.41) is 15.0. The van der Waals surface area contributed by atoms with Gasteiger partial charge < -0.3 is 5.32 Å². The van der Waals surface area contributed by atoms with Crippen LogP contribution in [0.25, 0.3) is 10.9 Å². The summed E-state index contributed by atoms with van der Waals surface area (Å²) in [6.07, 6.45) is 4.62. The lowest BCUT2D eigenvalue weighted by atomic mass is 9.70. The van der Waals surface area contributed by atoms with Crippen LogP contribution in [0, 0.1) is 5.41 Å². The lowest BCUT2D eigenvalue weighted by Gasteiger charge is -2.32. The van der Waals surface area contributed by atoms with E-state index in [9.17, 15) is 14.8 Å². The molecule has 1 saturated heterocycles. The molecule has 0 bridgehead atoms. The molecule has 6 heteroatoms. The largest absolute Gasteiger partial charge is 0.356 e. The van der Waals surface area contributed by atoms with Crippen LogP contribution in [0.15, 0.2) is 54.7 Å². The van der Waals surface area contributed by atoms with Crippen LogP contribution in [0.2, 0.25) is 0 Å². The van der Waals surface area contributed by atoms with Crippen LogP contribution >= 0.6 is 0 Å². The predicted molar refractivity (Wildman–Crippen MR) is 109 cm³/mol. The highest BCUT2D eigenvalue weighted by Gasteiger charge is 2.44. The topological polar surface area (TPSA) is 82.5 Å². The number of hydroxylamine groups is 1. The van der Waals surface area contributed by atoms with E-state index >= 15 is 0 Å². The second-order valence-electron chi connectivity index (χ2n) is 7.95. The van der Waals surface area contributed by atoms with Crippen molar-refractivity contribution < 1.29 is 14.8 Å². The number of nitrogens with zero attached hydrogens (tertiary/aromatic N) is 2. The number of anilines is 1. The Labute approximate surface area is 168 Å². The van der Waals surface area contributed by atoms with Gasteiger partial charge in [-0.05, 0) is 61.1 Å². The highest BCUT2D eigenvalue weighted by Crippen LogP contribution is 2.41. The summed E-state index contributed by atoms with van der Waals surface area (Å²) in [6.45, 7) is 0.714. The van der Waals surface area contributed by atoms with Crippen LogP contribution in [0.1, 0.15) is 34.3 Å². The maximum Gasteiger partial charge on any atom is 0.282 e. The second-order valence-corrected chi connectivity index (χ2v) is 7.95. The first kappa shape index (κ1) is 17.8. The number of aryl methyl sites for hydroxylation is 1. The summed E-state index contributed by atoms with van der Waals surface area (Å²) < 4.78 is 0. The molecule has 0 unspecified atom stereocenters. The zero-order valence-electron chi connectivity index (χ0n) is 15.9. The molecule has 2 amide bonds. The molecule has 2 aromatic carbocycles. The Morgan fingerprint density at radius 2 is 1.97 bits per heavy atom. The van der Waals surface area contributed by atoms with Crippen molar-refractivity contribution in [2.45, 2.75) is 25.7 Å². The molecule has 6 nitrogen and oxygen atoms in total. The molecule has 0 radical (unpaired) electrons. The number of aromatic nitrogens is 1. The zero-order valence-corrected chi connectivity index (χ0v) is 15.9. The first-order chi connectivity index (χ1) is 14.1. The number of carbonyl (C=O) groups is 2. The van der Waals surface area contributed by atoms with Crippen LogP contribution in [-0.4, -0.2) is 28.6 Å². The monoisotopic (exact) mass is 387 g/mol. The fourth-order valence-electron chi connectivity index (χ4n) is 4.53. The fraction of sp³-hybridized carbons (Fsp3) is 0.261. The number of rotatable bonds is 2. The quantitative estimate of drug-likeness (QED) is 0.522. The third-order valence-corrected chi connectivity index (χ3v) is 6.24. The van der Waals surface area contributed by atoms with E-state index in [4.69, 9.17) is 0 Å². The second kappa shape index (κ2) is 6.67. The molecule has 2 N–H and O–H groups in total. The van der Waals surface area contributed by atoms with Gasteiger partial charge in [0, 0.05) is 17.5 Å². The number of carbonyl (C=O) groups excluding carboxylic acids is 2. The van der Waals surface area contributed by atoms with Crippen LogP contribution in [-0.2, 0) is 17.6 Å². The summed E-state index contributed by atoms with van der Waals surface area (Å²) in [5.74, 6) is -0.397. The van der Waals surface area contributed by atoms with Crippen LogP contribution in [0.4, 0.5) is 5.69 Å². The maximum absolute atomic E-state index is 12.9. The minimum absolute atomic E-state index is 0.117. The lowest BCUT2D eigenvalue weighted by Crippen LogP contribution is -2.36. The Morgan fingerprint density at radius 3 is 2.79 bits per heavy atom. The number of nitrogens with one attached hydrogen (secondary N) is 1. The van der Waals surface area contributed by atoms with Gasteiger partial charge in [-0.1, -0.05) is 24.3 Å². The van der Waals surface area contributed by atoms with Gasteiger partial charge in [-0.2, -0.15) is 5.06 Å². The highest BCUT2D eigenvalue weighted by molar-refractivity contribution is 6.05. The van der Waals surface area contributed by atoms with E-state index in [1.54, 1.807) is 12.1 Å². The molecule has 3 aromatic rings. The van der Waals surface area contributed by atoms with Gasteiger partial charge in [-0.25, -0.2) is 0 Å². The lowest BCUT2D eigenvalue weighted by molar-refractivity contribution is -0.128. The summed E-state index contributed by atoms with van der Waals surface area (Å²) in [7, 11) is 0. The van der Waals surface area contributed by atoms with Crippen molar-refractivity contribution in [3.63, 3.8) is 0 Å². The van der Waals surface area contributed by atoms with E-state index in [2.05, 4.69) is 10.3 Å². The predicted octanol–water partition coefficient (Wildman–Crippen LogP) is 3.27. The number of hydrogen-bond donors (Lipinski definition) is 2. The Morgan fingerprint density at radius 1 is 1.10 bits per heavy atom. The molecule has 29 heavy (non-hydrogen) atoms. The normalized spacial score (nSPS) is 20.5. The average molecular weight is 387 g/mol. The number of pyridine rings is 1. The van der Waals surface area contributed by atoms with Crippen LogP contribution in [0.3, 0.4) is 0 Å².